The van der Waals surface area contributed by atoms with Crippen LogP contribution in [0.3, 0.4) is 0 Å². The first-order valence-corrected chi connectivity index (χ1v) is 9.09. The van der Waals surface area contributed by atoms with Crippen molar-refractivity contribution in [2.24, 2.45) is 0 Å². The lowest BCUT2D eigenvalue weighted by Crippen LogP contribution is -2.33. The van der Waals surface area contributed by atoms with Gasteiger partial charge in [0.1, 0.15) is 11.0 Å². The minimum atomic E-state index is -0.746. The number of anilines is 2. The van der Waals surface area contributed by atoms with E-state index in [4.69, 9.17) is 0 Å². The van der Waals surface area contributed by atoms with Gasteiger partial charge in [-0.15, -0.1) is 0 Å². The number of hydrogen-bond donors (Lipinski definition) is 2. The maximum absolute atomic E-state index is 12.7. The zero-order valence-electron chi connectivity index (χ0n) is 14.1. The van der Waals surface area contributed by atoms with E-state index in [0.717, 1.165) is 17.3 Å². The van der Waals surface area contributed by atoms with Gasteiger partial charge in [0, 0.05) is 12.1 Å². The van der Waals surface area contributed by atoms with E-state index in [1.54, 1.807) is 24.3 Å². The molecule has 3 rings (SSSR count). The topological polar surface area (TPSA) is 86.7 Å². The van der Waals surface area contributed by atoms with Crippen LogP contribution in [-0.4, -0.2) is 27.4 Å². The second-order valence-electron chi connectivity index (χ2n) is 5.83. The van der Waals surface area contributed by atoms with Gasteiger partial charge in [0.25, 0.3) is 5.24 Å². The molecule has 1 fully saturated rings. The van der Waals surface area contributed by atoms with E-state index in [-0.39, 0.29) is 29.2 Å². The molecule has 26 heavy (non-hydrogen) atoms. The molecule has 1 saturated heterocycles. The molecule has 134 valence electrons. The number of aromatic hydroxyl groups is 1. The summed E-state index contributed by atoms with van der Waals surface area (Å²) in [6, 6.07) is 13.3. The summed E-state index contributed by atoms with van der Waals surface area (Å²) in [5, 5.41) is 10.8. The Kier molecular flexibility index (Phi) is 5.27. The van der Waals surface area contributed by atoms with E-state index < -0.39 is 5.25 Å². The van der Waals surface area contributed by atoms with Crippen molar-refractivity contribution in [3.8, 4) is 5.75 Å². The van der Waals surface area contributed by atoms with Gasteiger partial charge in [-0.3, -0.25) is 14.4 Å². The molecule has 0 saturated carbocycles. The molecule has 6 nitrogen and oxygen atoms in total. The van der Waals surface area contributed by atoms with Crippen molar-refractivity contribution in [2.45, 2.75) is 25.0 Å². The Morgan fingerprint density at radius 1 is 1.15 bits per heavy atom. The fraction of sp³-hybridized carbons (Fsp3) is 0.211. The molecule has 0 aromatic heterocycles. The van der Waals surface area contributed by atoms with E-state index in [2.05, 4.69) is 5.32 Å². The number of rotatable bonds is 5. The Bertz CT molecular complexity index is 851. The number of phenols is 1. The Labute approximate surface area is 155 Å². The number of amides is 3. The van der Waals surface area contributed by atoms with Crippen molar-refractivity contribution in [3.63, 3.8) is 0 Å². The highest BCUT2D eigenvalue weighted by Gasteiger charge is 2.42. The smallest absolute Gasteiger partial charge is 0.293 e. The second kappa shape index (κ2) is 7.61. The number of aryl methyl sites for hydroxylation is 1. The van der Waals surface area contributed by atoms with Crippen molar-refractivity contribution in [1.29, 1.82) is 0 Å². The zero-order chi connectivity index (χ0) is 18.7. The molecule has 0 radical (unpaired) electrons. The Morgan fingerprint density at radius 3 is 2.54 bits per heavy atom. The SMILES string of the molecule is CCc1ccccc1N1C(=O)SC(CC(=O)Nc2ccc(O)cc2)C1=O. The molecule has 1 unspecified atom stereocenters. The summed E-state index contributed by atoms with van der Waals surface area (Å²) < 4.78 is 0. The van der Waals surface area contributed by atoms with E-state index in [9.17, 15) is 19.5 Å². The predicted octanol–water partition coefficient (Wildman–Crippen LogP) is 3.55. The van der Waals surface area contributed by atoms with Gasteiger partial charge in [-0.25, -0.2) is 4.90 Å². The largest absolute Gasteiger partial charge is 0.508 e. The van der Waals surface area contributed by atoms with Gasteiger partial charge in [0.2, 0.25) is 11.8 Å². The van der Waals surface area contributed by atoms with Crippen LogP contribution in [0.5, 0.6) is 5.75 Å². The van der Waals surface area contributed by atoms with Gasteiger partial charge < -0.3 is 10.4 Å². The van der Waals surface area contributed by atoms with Crippen LogP contribution >= 0.6 is 11.8 Å². The van der Waals surface area contributed by atoms with Gasteiger partial charge in [0.05, 0.1) is 5.69 Å². The number of para-hydroxylation sites is 1. The highest BCUT2D eigenvalue weighted by atomic mass is 32.2. The van der Waals surface area contributed by atoms with Crippen LogP contribution in [0.25, 0.3) is 0 Å². The third-order valence-corrected chi connectivity index (χ3v) is 5.09. The predicted molar refractivity (Wildman–Crippen MR) is 101 cm³/mol. The van der Waals surface area contributed by atoms with Crippen molar-refractivity contribution >= 4 is 40.2 Å². The second-order valence-corrected chi connectivity index (χ2v) is 6.98. The van der Waals surface area contributed by atoms with Crippen LogP contribution in [0.4, 0.5) is 16.2 Å². The van der Waals surface area contributed by atoms with Crippen LogP contribution in [0, 0.1) is 0 Å². The number of benzene rings is 2. The summed E-state index contributed by atoms with van der Waals surface area (Å²) in [5.41, 5.74) is 2.01. The first kappa shape index (κ1) is 18.0. The lowest BCUT2D eigenvalue weighted by molar-refractivity contribution is -0.121. The minimum absolute atomic E-state index is 0.0963. The number of carbonyl (C=O) groups is 3. The summed E-state index contributed by atoms with van der Waals surface area (Å²) in [4.78, 5) is 38.4. The highest BCUT2D eigenvalue weighted by molar-refractivity contribution is 8.15. The van der Waals surface area contributed by atoms with Gasteiger partial charge >= 0.3 is 0 Å². The number of phenolic OH excluding ortho intramolecular Hbond substituents is 1. The number of nitrogens with one attached hydrogen (secondary N) is 1. The third-order valence-electron chi connectivity index (χ3n) is 4.06. The molecule has 1 aliphatic rings. The molecule has 1 heterocycles. The van der Waals surface area contributed by atoms with E-state index >= 15 is 0 Å². The number of thioether (sulfide) groups is 1. The average molecular weight is 370 g/mol. The number of imide groups is 1. The van der Waals surface area contributed by atoms with E-state index in [1.807, 2.05) is 19.1 Å². The van der Waals surface area contributed by atoms with E-state index in [1.165, 1.54) is 17.0 Å². The Hall–Kier alpha value is -2.80. The lowest BCUT2D eigenvalue weighted by Gasteiger charge is -2.17. The first-order chi connectivity index (χ1) is 12.5. The monoisotopic (exact) mass is 370 g/mol. The third kappa shape index (κ3) is 3.72. The maximum atomic E-state index is 12.7. The first-order valence-electron chi connectivity index (χ1n) is 8.21. The van der Waals surface area contributed by atoms with Crippen LogP contribution in [0.1, 0.15) is 18.9 Å². The van der Waals surface area contributed by atoms with Crippen molar-refractivity contribution in [3.05, 3.63) is 54.1 Å². The molecular weight excluding hydrogens is 352 g/mol. The molecule has 3 amide bonds. The van der Waals surface area contributed by atoms with Crippen molar-refractivity contribution in [2.75, 3.05) is 10.2 Å². The number of hydrogen-bond acceptors (Lipinski definition) is 5. The molecule has 1 atom stereocenters. The van der Waals surface area contributed by atoms with Gasteiger partial charge in [-0.05, 0) is 54.1 Å². The Balaban J connectivity index is 1.70. The summed E-state index contributed by atoms with van der Waals surface area (Å²) in [6.07, 6.45) is 0.602. The van der Waals surface area contributed by atoms with Crippen LogP contribution < -0.4 is 10.2 Å². The van der Waals surface area contributed by atoms with Crippen LogP contribution in [0.15, 0.2) is 48.5 Å². The lowest BCUT2D eigenvalue weighted by atomic mass is 10.1. The zero-order valence-corrected chi connectivity index (χ0v) is 15.0. The van der Waals surface area contributed by atoms with Crippen LogP contribution in [0.2, 0.25) is 0 Å². The minimum Gasteiger partial charge on any atom is -0.508 e. The van der Waals surface area contributed by atoms with Crippen LogP contribution in [-0.2, 0) is 16.0 Å². The van der Waals surface area contributed by atoms with Crippen molar-refractivity contribution in [1.82, 2.24) is 0 Å². The average Bonchev–Trinajstić information content (AvgIpc) is 2.90. The van der Waals surface area contributed by atoms with E-state index in [0.29, 0.717) is 17.8 Å². The molecule has 0 spiro atoms. The van der Waals surface area contributed by atoms with Crippen molar-refractivity contribution < 1.29 is 19.5 Å². The molecule has 1 aliphatic heterocycles. The van der Waals surface area contributed by atoms with Gasteiger partial charge in [-0.2, -0.15) is 0 Å². The Morgan fingerprint density at radius 2 is 1.85 bits per heavy atom. The quantitative estimate of drug-likeness (QED) is 0.786. The summed E-state index contributed by atoms with van der Waals surface area (Å²) in [6.45, 7) is 1.96. The maximum Gasteiger partial charge on any atom is 0.293 e. The molecule has 2 aromatic rings. The number of nitrogens with zero attached hydrogens (tertiary/aromatic N) is 1. The molecule has 0 aliphatic carbocycles. The summed E-state index contributed by atoms with van der Waals surface area (Å²) in [7, 11) is 0. The molecule has 7 heteroatoms. The normalized spacial score (nSPS) is 16.8. The fourth-order valence-corrected chi connectivity index (χ4v) is 3.74. The molecule has 0 bridgehead atoms. The summed E-state index contributed by atoms with van der Waals surface area (Å²) in [5.74, 6) is -0.637. The molecule has 2 aromatic carbocycles. The number of carbonyl (C=O) groups excluding carboxylic acids is 3. The van der Waals surface area contributed by atoms with Gasteiger partial charge in [0.15, 0.2) is 0 Å². The summed E-state index contributed by atoms with van der Waals surface area (Å²) >= 11 is 0.874. The molecule has 2 N–H and O–H groups in total. The fourth-order valence-electron chi connectivity index (χ4n) is 2.76. The highest BCUT2D eigenvalue weighted by Crippen LogP contribution is 2.35. The standard InChI is InChI=1S/C19H18N2O4S/c1-2-12-5-3-4-6-15(12)21-18(24)16(26-19(21)25)11-17(23)20-13-7-9-14(22)10-8-13/h3-10,16,22H,2,11H2,1H3,(H,20,23). The molecular formula is C19H18N2O4S. The van der Waals surface area contributed by atoms with Gasteiger partial charge in [-0.1, -0.05) is 25.1 Å².